The molecule has 0 fully saturated rings. The predicted molar refractivity (Wildman–Crippen MR) is 72.1 cm³/mol. The molecule has 1 N–H and O–H groups in total. The predicted octanol–water partition coefficient (Wildman–Crippen LogP) is 3.10. The Labute approximate surface area is 105 Å². The van der Waals surface area contributed by atoms with Gasteiger partial charge in [0.15, 0.2) is 8.32 Å². The summed E-state index contributed by atoms with van der Waals surface area (Å²) in [4.78, 5) is 4.08. The minimum absolute atomic E-state index is 0.0404. The third-order valence-corrected chi connectivity index (χ3v) is 8.05. The van der Waals surface area contributed by atoms with Crippen LogP contribution in [0, 0.1) is 0 Å². The van der Waals surface area contributed by atoms with E-state index in [0.29, 0.717) is 6.61 Å². The van der Waals surface area contributed by atoms with E-state index in [0.717, 1.165) is 11.1 Å². The van der Waals surface area contributed by atoms with Crippen LogP contribution in [-0.2, 0) is 17.6 Å². The van der Waals surface area contributed by atoms with Gasteiger partial charge in [-0.25, -0.2) is 0 Å². The van der Waals surface area contributed by atoms with E-state index in [-0.39, 0.29) is 11.6 Å². The molecule has 0 amide bonds. The molecule has 0 atom stereocenters. The number of rotatable bonds is 4. The van der Waals surface area contributed by atoms with Crippen LogP contribution in [0.4, 0.5) is 0 Å². The van der Waals surface area contributed by atoms with E-state index in [9.17, 15) is 5.11 Å². The van der Waals surface area contributed by atoms with Crippen LogP contribution in [0.1, 0.15) is 31.9 Å². The lowest BCUT2D eigenvalue weighted by Gasteiger charge is -2.36. The zero-order valence-electron chi connectivity index (χ0n) is 11.4. The number of nitrogens with zero attached hydrogens (tertiary/aromatic N) is 1. The Morgan fingerprint density at radius 3 is 2.47 bits per heavy atom. The molecule has 0 aliphatic carbocycles. The number of aromatic nitrogens is 1. The quantitative estimate of drug-likeness (QED) is 0.838. The number of hydrogen-bond donors (Lipinski definition) is 1. The monoisotopic (exact) mass is 253 g/mol. The average Bonchev–Trinajstić information content (AvgIpc) is 2.25. The molecule has 17 heavy (non-hydrogen) atoms. The van der Waals surface area contributed by atoms with Crippen molar-refractivity contribution in [2.75, 3.05) is 0 Å². The van der Waals surface area contributed by atoms with Gasteiger partial charge in [-0.15, -0.1) is 0 Å². The summed E-state index contributed by atoms with van der Waals surface area (Å²) in [7, 11) is -1.73. The molecule has 1 aromatic rings. The molecular formula is C13H23NO2Si. The lowest BCUT2D eigenvalue weighted by Crippen LogP contribution is -2.40. The van der Waals surface area contributed by atoms with Crippen molar-refractivity contribution in [3.05, 3.63) is 29.6 Å². The summed E-state index contributed by atoms with van der Waals surface area (Å²) in [6, 6.07) is 1.84. The van der Waals surface area contributed by atoms with E-state index >= 15 is 0 Å². The maximum absolute atomic E-state index is 9.24. The van der Waals surface area contributed by atoms with Gasteiger partial charge in [0, 0.05) is 18.0 Å². The van der Waals surface area contributed by atoms with Crippen LogP contribution in [0.5, 0.6) is 0 Å². The summed E-state index contributed by atoms with van der Waals surface area (Å²) >= 11 is 0. The summed E-state index contributed by atoms with van der Waals surface area (Å²) in [5, 5.41) is 9.44. The van der Waals surface area contributed by atoms with Crippen LogP contribution in [0.25, 0.3) is 0 Å². The van der Waals surface area contributed by atoms with Gasteiger partial charge >= 0.3 is 0 Å². The fourth-order valence-corrected chi connectivity index (χ4v) is 2.16. The standard InChI is InChI=1S/C13H23NO2Si/c1-13(2,3)17(4,5)16-10-12-8-14-7-6-11(12)9-15/h6-8,15H,9-10H2,1-5H3. The molecule has 0 aromatic carbocycles. The van der Waals surface area contributed by atoms with Gasteiger partial charge in [-0.2, -0.15) is 0 Å². The average molecular weight is 253 g/mol. The molecule has 3 nitrogen and oxygen atoms in total. The first-order chi connectivity index (χ1) is 7.78. The van der Waals surface area contributed by atoms with Gasteiger partial charge in [0.1, 0.15) is 0 Å². The Hall–Kier alpha value is -0.713. The highest BCUT2D eigenvalue weighted by Gasteiger charge is 2.37. The molecule has 0 radical (unpaired) electrons. The molecule has 0 unspecified atom stereocenters. The highest BCUT2D eigenvalue weighted by Crippen LogP contribution is 2.37. The molecule has 4 heteroatoms. The molecule has 96 valence electrons. The molecule has 1 aromatic heterocycles. The molecule has 1 rings (SSSR count). The zero-order valence-corrected chi connectivity index (χ0v) is 12.4. The first-order valence-corrected chi connectivity index (χ1v) is 8.85. The van der Waals surface area contributed by atoms with Gasteiger partial charge in [0.25, 0.3) is 0 Å². The van der Waals surface area contributed by atoms with Crippen molar-refractivity contribution in [3.63, 3.8) is 0 Å². The smallest absolute Gasteiger partial charge is 0.192 e. The number of aliphatic hydroxyl groups excluding tert-OH is 1. The van der Waals surface area contributed by atoms with Gasteiger partial charge in [0.05, 0.1) is 13.2 Å². The van der Waals surface area contributed by atoms with E-state index in [1.54, 1.807) is 12.4 Å². The second kappa shape index (κ2) is 5.29. The van der Waals surface area contributed by atoms with Crippen LogP contribution in [0.2, 0.25) is 18.1 Å². The summed E-state index contributed by atoms with van der Waals surface area (Å²) in [6.45, 7) is 11.7. The molecule has 0 bridgehead atoms. The Morgan fingerprint density at radius 2 is 1.94 bits per heavy atom. The fraction of sp³-hybridized carbons (Fsp3) is 0.615. The van der Waals surface area contributed by atoms with Crippen LogP contribution < -0.4 is 0 Å². The third kappa shape index (κ3) is 3.62. The Morgan fingerprint density at radius 1 is 1.29 bits per heavy atom. The Balaban J connectivity index is 2.74. The number of pyridine rings is 1. The third-order valence-electron chi connectivity index (χ3n) is 3.57. The van der Waals surface area contributed by atoms with Crippen molar-refractivity contribution in [3.8, 4) is 0 Å². The van der Waals surface area contributed by atoms with E-state index in [1.807, 2.05) is 6.07 Å². The summed E-state index contributed by atoms with van der Waals surface area (Å²) in [6.07, 6.45) is 3.47. The first-order valence-electron chi connectivity index (χ1n) is 5.94. The van der Waals surface area contributed by atoms with Crippen LogP contribution in [-0.4, -0.2) is 18.4 Å². The van der Waals surface area contributed by atoms with Gasteiger partial charge in [0.2, 0.25) is 0 Å². The summed E-state index contributed by atoms with van der Waals surface area (Å²) < 4.78 is 6.11. The van der Waals surface area contributed by atoms with E-state index in [2.05, 4.69) is 38.8 Å². The second-order valence-electron chi connectivity index (χ2n) is 5.85. The molecule has 0 saturated heterocycles. The van der Waals surface area contributed by atoms with Gasteiger partial charge in [-0.1, -0.05) is 20.8 Å². The minimum Gasteiger partial charge on any atom is -0.412 e. The largest absolute Gasteiger partial charge is 0.412 e. The molecular weight excluding hydrogens is 230 g/mol. The van der Waals surface area contributed by atoms with Crippen molar-refractivity contribution in [2.24, 2.45) is 0 Å². The Kier molecular flexibility index (Phi) is 4.46. The molecule has 0 spiro atoms. The minimum atomic E-state index is -1.73. The lowest BCUT2D eigenvalue weighted by atomic mass is 10.2. The molecule has 0 aliphatic heterocycles. The summed E-state index contributed by atoms with van der Waals surface area (Å²) in [5.74, 6) is 0. The van der Waals surface area contributed by atoms with Crippen molar-refractivity contribution in [1.29, 1.82) is 0 Å². The van der Waals surface area contributed by atoms with Crippen molar-refractivity contribution in [1.82, 2.24) is 4.98 Å². The number of hydrogen-bond acceptors (Lipinski definition) is 3. The maximum Gasteiger partial charge on any atom is 0.192 e. The first kappa shape index (κ1) is 14.3. The van der Waals surface area contributed by atoms with E-state index in [4.69, 9.17) is 4.43 Å². The lowest BCUT2D eigenvalue weighted by molar-refractivity contribution is 0.258. The highest BCUT2D eigenvalue weighted by molar-refractivity contribution is 6.74. The second-order valence-corrected chi connectivity index (χ2v) is 10.7. The summed E-state index contributed by atoms with van der Waals surface area (Å²) in [5.41, 5.74) is 1.89. The van der Waals surface area contributed by atoms with Crippen molar-refractivity contribution >= 4 is 8.32 Å². The van der Waals surface area contributed by atoms with Crippen molar-refractivity contribution < 1.29 is 9.53 Å². The normalized spacial score (nSPS) is 12.8. The molecule has 0 saturated carbocycles. The topological polar surface area (TPSA) is 42.4 Å². The van der Waals surface area contributed by atoms with Gasteiger partial charge in [-0.3, -0.25) is 4.98 Å². The SMILES string of the molecule is CC(C)(C)[Si](C)(C)OCc1cnccc1CO. The van der Waals surface area contributed by atoms with Crippen LogP contribution in [0.3, 0.4) is 0 Å². The van der Waals surface area contributed by atoms with Crippen molar-refractivity contribution in [2.45, 2.75) is 52.1 Å². The Bertz CT molecular complexity index is 372. The zero-order chi connectivity index (χ0) is 13.1. The van der Waals surface area contributed by atoms with E-state index < -0.39 is 8.32 Å². The maximum atomic E-state index is 9.24. The van der Waals surface area contributed by atoms with Crippen LogP contribution >= 0.6 is 0 Å². The molecule has 1 heterocycles. The van der Waals surface area contributed by atoms with Gasteiger partial charge < -0.3 is 9.53 Å². The molecule has 0 aliphatic rings. The van der Waals surface area contributed by atoms with E-state index in [1.165, 1.54) is 0 Å². The highest BCUT2D eigenvalue weighted by atomic mass is 28.4. The fourth-order valence-electron chi connectivity index (χ4n) is 1.21. The van der Waals surface area contributed by atoms with Crippen LogP contribution in [0.15, 0.2) is 18.5 Å². The van der Waals surface area contributed by atoms with Gasteiger partial charge in [-0.05, 0) is 29.8 Å². The number of aliphatic hydroxyl groups is 1.